The molecule has 0 aliphatic carbocycles. The molecular formula is C21H20F2N4O2. The molecule has 0 radical (unpaired) electrons. The Morgan fingerprint density at radius 1 is 1.00 bits per heavy atom. The minimum absolute atomic E-state index is 0.140. The molecular weight excluding hydrogens is 378 g/mol. The number of aryl methyl sites for hydroxylation is 1. The number of rotatable bonds is 3. The summed E-state index contributed by atoms with van der Waals surface area (Å²) in [7, 11) is 1.62. The van der Waals surface area contributed by atoms with Crippen LogP contribution in [0.25, 0.3) is 10.9 Å². The third kappa shape index (κ3) is 3.88. The van der Waals surface area contributed by atoms with E-state index in [-0.39, 0.29) is 16.9 Å². The fourth-order valence-electron chi connectivity index (χ4n) is 3.60. The zero-order chi connectivity index (χ0) is 20.5. The van der Waals surface area contributed by atoms with E-state index in [1.165, 1.54) is 28.9 Å². The first-order valence-electron chi connectivity index (χ1n) is 9.35. The molecule has 0 atom stereocenters. The average molecular weight is 398 g/mol. The van der Waals surface area contributed by atoms with E-state index in [4.69, 9.17) is 0 Å². The normalized spacial score (nSPS) is 15.1. The van der Waals surface area contributed by atoms with Crippen molar-refractivity contribution >= 4 is 16.8 Å². The Balaban J connectivity index is 1.49. The molecule has 29 heavy (non-hydrogen) atoms. The van der Waals surface area contributed by atoms with Gasteiger partial charge in [0.15, 0.2) is 5.69 Å². The van der Waals surface area contributed by atoms with Gasteiger partial charge in [0.25, 0.3) is 5.91 Å². The van der Waals surface area contributed by atoms with Gasteiger partial charge in [-0.1, -0.05) is 12.1 Å². The molecule has 1 fully saturated rings. The Bertz CT molecular complexity index is 1120. The lowest BCUT2D eigenvalue weighted by Crippen LogP contribution is -2.49. The molecule has 150 valence electrons. The largest absolute Gasteiger partial charge is 0.335 e. The highest BCUT2D eigenvalue weighted by atomic mass is 19.1. The summed E-state index contributed by atoms with van der Waals surface area (Å²) in [6, 6.07) is 10.2. The van der Waals surface area contributed by atoms with Crippen LogP contribution in [-0.4, -0.2) is 51.7 Å². The predicted molar refractivity (Wildman–Crippen MR) is 105 cm³/mol. The Hall–Kier alpha value is -3.13. The third-order valence-electron chi connectivity index (χ3n) is 5.20. The highest BCUT2D eigenvalue weighted by molar-refractivity contribution is 5.95. The van der Waals surface area contributed by atoms with E-state index in [2.05, 4.69) is 10.00 Å². The Labute approximate surface area is 166 Å². The second-order valence-corrected chi connectivity index (χ2v) is 7.16. The minimum Gasteiger partial charge on any atom is -0.335 e. The molecule has 1 aliphatic heterocycles. The van der Waals surface area contributed by atoms with Gasteiger partial charge in [-0.2, -0.15) is 5.10 Å². The first-order valence-corrected chi connectivity index (χ1v) is 9.35. The van der Waals surface area contributed by atoms with Crippen molar-refractivity contribution in [2.45, 2.75) is 6.54 Å². The topological polar surface area (TPSA) is 58.4 Å². The summed E-state index contributed by atoms with van der Waals surface area (Å²) in [6.45, 7) is 2.83. The van der Waals surface area contributed by atoms with Crippen molar-refractivity contribution in [1.29, 1.82) is 0 Å². The van der Waals surface area contributed by atoms with Crippen LogP contribution in [0.5, 0.6) is 0 Å². The lowest BCUT2D eigenvalue weighted by atomic mass is 10.1. The van der Waals surface area contributed by atoms with Crippen LogP contribution in [0, 0.1) is 11.6 Å². The lowest BCUT2D eigenvalue weighted by molar-refractivity contribution is 0.0619. The molecule has 0 unspecified atom stereocenters. The molecule has 0 N–H and O–H groups in total. The quantitative estimate of drug-likeness (QED) is 0.679. The third-order valence-corrected chi connectivity index (χ3v) is 5.20. The molecule has 1 amide bonds. The first kappa shape index (κ1) is 19.2. The lowest BCUT2D eigenvalue weighted by Gasteiger charge is -2.34. The molecule has 8 heteroatoms. The standard InChI is InChI=1S/C21H20F2N4O2/c1-25-18-7-6-16(23)12-17(18)20(28)19(24-25)21(29)27-10-8-26(9-11-27)13-14-2-4-15(22)5-3-14/h2-7,12H,8-11,13H2,1H3. The van der Waals surface area contributed by atoms with Gasteiger partial charge < -0.3 is 4.90 Å². The number of halogens is 2. The van der Waals surface area contributed by atoms with Gasteiger partial charge in [0.05, 0.1) is 10.9 Å². The van der Waals surface area contributed by atoms with Crippen LogP contribution in [0.1, 0.15) is 16.1 Å². The second kappa shape index (κ2) is 7.71. The zero-order valence-electron chi connectivity index (χ0n) is 15.9. The van der Waals surface area contributed by atoms with Crippen LogP contribution >= 0.6 is 0 Å². The molecule has 4 rings (SSSR count). The number of carbonyl (C=O) groups excluding carboxylic acids is 1. The predicted octanol–water partition coefficient (Wildman–Crippen LogP) is 2.17. The summed E-state index contributed by atoms with van der Waals surface area (Å²) in [5, 5.41) is 4.28. The number of benzene rings is 2. The van der Waals surface area contributed by atoms with E-state index < -0.39 is 17.2 Å². The van der Waals surface area contributed by atoms with Crippen LogP contribution in [0.2, 0.25) is 0 Å². The number of nitrogens with zero attached hydrogens (tertiary/aromatic N) is 4. The Kier molecular flexibility index (Phi) is 5.10. The molecule has 2 aromatic carbocycles. The van der Waals surface area contributed by atoms with E-state index in [9.17, 15) is 18.4 Å². The summed E-state index contributed by atoms with van der Waals surface area (Å²) in [6.07, 6.45) is 0. The highest BCUT2D eigenvalue weighted by Crippen LogP contribution is 2.14. The van der Waals surface area contributed by atoms with Gasteiger partial charge in [0.2, 0.25) is 5.43 Å². The molecule has 0 saturated carbocycles. The van der Waals surface area contributed by atoms with Crippen molar-refractivity contribution in [2.75, 3.05) is 26.2 Å². The van der Waals surface area contributed by atoms with E-state index in [0.717, 1.165) is 11.6 Å². The van der Waals surface area contributed by atoms with Gasteiger partial charge >= 0.3 is 0 Å². The second-order valence-electron chi connectivity index (χ2n) is 7.16. The number of hydrogen-bond donors (Lipinski definition) is 0. The Morgan fingerprint density at radius 3 is 2.34 bits per heavy atom. The van der Waals surface area contributed by atoms with Crippen molar-refractivity contribution < 1.29 is 13.6 Å². The maximum atomic E-state index is 13.6. The number of fused-ring (bicyclic) bond motifs is 1. The average Bonchev–Trinajstić information content (AvgIpc) is 2.72. The minimum atomic E-state index is -0.559. The van der Waals surface area contributed by atoms with Crippen LogP contribution in [0.4, 0.5) is 8.78 Å². The smallest absolute Gasteiger partial charge is 0.278 e. The summed E-state index contributed by atoms with van der Waals surface area (Å²) >= 11 is 0. The van der Waals surface area contributed by atoms with Gasteiger partial charge in [-0.15, -0.1) is 0 Å². The van der Waals surface area contributed by atoms with Crippen LogP contribution in [0.3, 0.4) is 0 Å². The molecule has 1 aliphatic rings. The summed E-state index contributed by atoms with van der Waals surface area (Å²) in [5.41, 5.74) is 0.712. The van der Waals surface area contributed by atoms with E-state index in [1.807, 2.05) is 0 Å². The molecule has 0 spiro atoms. The van der Waals surface area contributed by atoms with Gasteiger partial charge in [0, 0.05) is 39.8 Å². The van der Waals surface area contributed by atoms with Crippen molar-refractivity contribution in [1.82, 2.24) is 19.6 Å². The van der Waals surface area contributed by atoms with Crippen LogP contribution in [-0.2, 0) is 13.6 Å². The molecule has 0 bridgehead atoms. The number of amides is 1. The number of piperazine rings is 1. The monoisotopic (exact) mass is 398 g/mol. The van der Waals surface area contributed by atoms with E-state index >= 15 is 0 Å². The maximum Gasteiger partial charge on any atom is 0.278 e. The van der Waals surface area contributed by atoms with Crippen molar-refractivity contribution in [3.05, 3.63) is 75.6 Å². The van der Waals surface area contributed by atoms with Gasteiger partial charge in [0.1, 0.15) is 11.6 Å². The Morgan fingerprint density at radius 2 is 1.66 bits per heavy atom. The number of hydrogen-bond acceptors (Lipinski definition) is 4. The number of aromatic nitrogens is 2. The molecule has 1 saturated heterocycles. The summed E-state index contributed by atoms with van der Waals surface area (Å²) in [5.74, 6) is -1.25. The molecule has 2 heterocycles. The van der Waals surface area contributed by atoms with E-state index in [0.29, 0.717) is 38.2 Å². The van der Waals surface area contributed by atoms with Gasteiger partial charge in [-0.05, 0) is 35.9 Å². The fraction of sp³-hybridized carbons (Fsp3) is 0.286. The highest BCUT2D eigenvalue weighted by Gasteiger charge is 2.26. The van der Waals surface area contributed by atoms with Crippen LogP contribution in [0.15, 0.2) is 47.3 Å². The van der Waals surface area contributed by atoms with E-state index in [1.54, 1.807) is 24.1 Å². The van der Waals surface area contributed by atoms with Crippen molar-refractivity contribution in [3.63, 3.8) is 0 Å². The number of carbonyl (C=O) groups is 1. The van der Waals surface area contributed by atoms with Crippen molar-refractivity contribution in [3.8, 4) is 0 Å². The SMILES string of the molecule is Cn1nc(C(=O)N2CCN(Cc3ccc(F)cc3)CC2)c(=O)c2cc(F)ccc21. The first-order chi connectivity index (χ1) is 13.9. The van der Waals surface area contributed by atoms with Crippen molar-refractivity contribution in [2.24, 2.45) is 7.05 Å². The van der Waals surface area contributed by atoms with Crippen LogP contribution < -0.4 is 5.43 Å². The van der Waals surface area contributed by atoms with Gasteiger partial charge in [-0.3, -0.25) is 19.2 Å². The summed E-state index contributed by atoms with van der Waals surface area (Å²) < 4.78 is 28.0. The molecule has 1 aromatic heterocycles. The molecule has 6 nitrogen and oxygen atoms in total. The fourth-order valence-corrected chi connectivity index (χ4v) is 3.60. The summed E-state index contributed by atoms with van der Waals surface area (Å²) in [4.78, 5) is 29.4. The maximum absolute atomic E-state index is 13.6. The molecule has 3 aromatic rings. The van der Waals surface area contributed by atoms with Gasteiger partial charge in [-0.25, -0.2) is 8.78 Å². The zero-order valence-corrected chi connectivity index (χ0v) is 15.9.